The van der Waals surface area contributed by atoms with E-state index >= 15 is 0 Å². The van der Waals surface area contributed by atoms with Crippen molar-refractivity contribution in [2.45, 2.75) is 0 Å². The number of aromatic nitrogens is 2. The molecule has 0 spiro atoms. The fourth-order valence-corrected chi connectivity index (χ4v) is 9.04. The lowest BCUT2D eigenvalue weighted by Gasteiger charge is -2.10. The van der Waals surface area contributed by atoms with Crippen molar-refractivity contribution < 1.29 is 4.42 Å². The third-order valence-electron chi connectivity index (χ3n) is 10.2. The second-order valence-electron chi connectivity index (χ2n) is 12.8. The summed E-state index contributed by atoms with van der Waals surface area (Å²) in [4.78, 5) is 0. The normalized spacial score (nSPS) is 12.0. The van der Waals surface area contributed by atoms with Crippen LogP contribution in [0.2, 0.25) is 0 Å². The summed E-state index contributed by atoms with van der Waals surface area (Å²) < 4.78 is 13.4. The van der Waals surface area contributed by atoms with Crippen molar-refractivity contribution in [2.75, 3.05) is 0 Å². The van der Waals surface area contributed by atoms with Gasteiger partial charge in [-0.15, -0.1) is 11.3 Å². The molecular weight excluding hydrogens is 633 g/mol. The van der Waals surface area contributed by atoms with Gasteiger partial charge in [-0.1, -0.05) is 48.5 Å². The molecule has 11 aromatic rings. The van der Waals surface area contributed by atoms with Gasteiger partial charge in [-0.3, -0.25) is 0 Å². The summed E-state index contributed by atoms with van der Waals surface area (Å²) in [5, 5.41) is 28.2. The minimum absolute atomic E-state index is 0.540. The van der Waals surface area contributed by atoms with Gasteiger partial charge in [0, 0.05) is 63.9 Å². The van der Waals surface area contributed by atoms with Crippen molar-refractivity contribution in [3.63, 3.8) is 0 Å². The maximum absolute atomic E-state index is 9.75. The van der Waals surface area contributed by atoms with E-state index in [9.17, 15) is 10.5 Å². The van der Waals surface area contributed by atoms with Crippen LogP contribution in [-0.4, -0.2) is 9.13 Å². The Kier molecular flexibility index (Phi) is 5.34. The zero-order chi connectivity index (χ0) is 33.1. The van der Waals surface area contributed by atoms with Crippen LogP contribution in [0.5, 0.6) is 0 Å². The molecule has 4 aromatic heterocycles. The topological polar surface area (TPSA) is 70.6 Å². The van der Waals surface area contributed by atoms with E-state index in [2.05, 4.69) is 124 Å². The molecule has 0 fully saturated rings. The van der Waals surface area contributed by atoms with Crippen LogP contribution in [0.4, 0.5) is 0 Å². The fourth-order valence-electron chi connectivity index (χ4n) is 7.98. The Labute approximate surface area is 288 Å². The number of hydrogen-bond acceptors (Lipinski definition) is 4. The summed E-state index contributed by atoms with van der Waals surface area (Å²) in [6.45, 7) is 0. The van der Waals surface area contributed by atoms with Gasteiger partial charge in [-0.25, -0.2) is 0 Å². The first-order valence-electron chi connectivity index (χ1n) is 16.4. The van der Waals surface area contributed by atoms with Gasteiger partial charge in [-0.05, 0) is 84.9 Å². The number of benzene rings is 7. The highest BCUT2D eigenvalue weighted by atomic mass is 32.1. The van der Waals surface area contributed by atoms with E-state index in [0.717, 1.165) is 71.3 Å². The van der Waals surface area contributed by atoms with E-state index in [1.54, 1.807) is 6.07 Å². The molecule has 7 aromatic carbocycles. The molecule has 50 heavy (non-hydrogen) atoms. The van der Waals surface area contributed by atoms with Gasteiger partial charge in [0.1, 0.15) is 11.7 Å². The van der Waals surface area contributed by atoms with Gasteiger partial charge in [-0.2, -0.15) is 10.5 Å². The van der Waals surface area contributed by atoms with Crippen LogP contribution in [0.15, 0.2) is 138 Å². The lowest BCUT2D eigenvalue weighted by atomic mass is 10.1. The third-order valence-corrected chi connectivity index (χ3v) is 11.3. The molecule has 0 aliphatic rings. The lowest BCUT2D eigenvalue weighted by molar-refractivity contribution is 0.668. The lowest BCUT2D eigenvalue weighted by Crippen LogP contribution is -1.94. The summed E-state index contributed by atoms with van der Waals surface area (Å²) in [7, 11) is 0. The molecule has 0 aliphatic carbocycles. The van der Waals surface area contributed by atoms with Crippen LogP contribution in [0.25, 0.3) is 97.1 Å². The second-order valence-corrected chi connectivity index (χ2v) is 13.9. The van der Waals surface area contributed by atoms with E-state index in [4.69, 9.17) is 4.42 Å². The minimum Gasteiger partial charge on any atom is -0.455 e. The van der Waals surface area contributed by atoms with Crippen molar-refractivity contribution in [1.82, 2.24) is 9.13 Å². The van der Waals surface area contributed by atoms with Crippen molar-refractivity contribution >= 4 is 97.1 Å². The van der Waals surface area contributed by atoms with E-state index in [-0.39, 0.29) is 0 Å². The van der Waals surface area contributed by atoms with E-state index in [1.807, 2.05) is 35.6 Å². The molecule has 0 bridgehead atoms. The first kappa shape index (κ1) is 27.1. The van der Waals surface area contributed by atoms with Crippen molar-refractivity contribution in [3.8, 4) is 23.5 Å². The minimum atomic E-state index is 0.540. The van der Waals surface area contributed by atoms with Crippen LogP contribution in [-0.2, 0) is 0 Å². The first-order valence-corrected chi connectivity index (χ1v) is 17.2. The van der Waals surface area contributed by atoms with Crippen molar-refractivity contribution in [1.29, 1.82) is 10.5 Å². The second kappa shape index (κ2) is 9.84. The molecule has 4 heterocycles. The van der Waals surface area contributed by atoms with Gasteiger partial charge in [0.2, 0.25) is 0 Å². The molecule has 0 saturated heterocycles. The molecule has 0 amide bonds. The number of thiophene rings is 1. The molecule has 0 saturated carbocycles. The van der Waals surface area contributed by atoms with Gasteiger partial charge >= 0.3 is 0 Å². The maximum atomic E-state index is 9.75. The van der Waals surface area contributed by atoms with Gasteiger partial charge in [0.15, 0.2) is 5.58 Å². The largest absolute Gasteiger partial charge is 0.455 e. The standard InChI is InChI=1S/C44H22N4OS/c45-23-25-12-15-39-32(18-25)29-7-1-3-10-37(29)47(39)27-13-16-42-35(19-27)36-20-28(14-17-43(36)50-42)48-38-11-4-2-8-30(38)33-22-41-34(21-40(33)48)31-9-5-6-26(24-46)44(31)49-41/h1-22H. The van der Waals surface area contributed by atoms with Crippen LogP contribution in [0, 0.1) is 22.7 Å². The summed E-state index contributed by atoms with van der Waals surface area (Å²) in [6.07, 6.45) is 0. The highest BCUT2D eigenvalue weighted by Gasteiger charge is 2.19. The Morgan fingerprint density at radius 2 is 1.08 bits per heavy atom. The average molecular weight is 655 g/mol. The van der Waals surface area contributed by atoms with Crippen LogP contribution in [0.1, 0.15) is 11.1 Å². The average Bonchev–Trinajstić information content (AvgIpc) is 3.90. The molecule has 0 radical (unpaired) electrons. The number of nitriles is 2. The van der Waals surface area contributed by atoms with Crippen LogP contribution in [0.3, 0.4) is 0 Å². The summed E-state index contributed by atoms with van der Waals surface area (Å²) >= 11 is 1.81. The van der Waals surface area contributed by atoms with Crippen LogP contribution < -0.4 is 0 Å². The maximum Gasteiger partial charge on any atom is 0.153 e. The van der Waals surface area contributed by atoms with Crippen molar-refractivity contribution in [2.24, 2.45) is 0 Å². The van der Waals surface area contributed by atoms with E-state index < -0.39 is 0 Å². The molecule has 0 N–H and O–H groups in total. The Hall–Kier alpha value is -6.86. The van der Waals surface area contributed by atoms with Crippen LogP contribution >= 0.6 is 11.3 Å². The number of nitrogens with zero attached hydrogens (tertiary/aromatic N) is 4. The number of furan rings is 1. The molecule has 0 unspecified atom stereocenters. The third kappa shape index (κ3) is 3.58. The summed E-state index contributed by atoms with van der Waals surface area (Å²) in [6, 6.07) is 51.1. The predicted octanol–water partition coefficient (Wildman–Crippen LogP) is 11.9. The molecule has 0 atom stereocenters. The Morgan fingerprint density at radius 3 is 1.76 bits per heavy atom. The molecule has 6 heteroatoms. The molecule has 5 nitrogen and oxygen atoms in total. The first-order chi connectivity index (χ1) is 24.7. The Bertz CT molecular complexity index is 3360. The molecule has 230 valence electrons. The number of hydrogen-bond donors (Lipinski definition) is 0. The Balaban J connectivity index is 1.17. The highest BCUT2D eigenvalue weighted by molar-refractivity contribution is 7.25. The molecule has 0 aliphatic heterocycles. The van der Waals surface area contributed by atoms with Crippen molar-refractivity contribution in [3.05, 3.63) is 145 Å². The van der Waals surface area contributed by atoms with Gasteiger partial charge in [0.05, 0.1) is 39.3 Å². The summed E-state index contributed by atoms with van der Waals surface area (Å²) in [5.74, 6) is 0. The molecular formula is C44H22N4OS. The number of fused-ring (bicyclic) bond motifs is 12. The fraction of sp³-hybridized carbons (Fsp3) is 0. The monoisotopic (exact) mass is 654 g/mol. The SMILES string of the molecule is N#Cc1ccc2c(c1)c1ccccc1n2-c1ccc2sc3ccc(-n4c5ccccc5c5cc6oc7c(C#N)cccc7c6cc54)cc3c2c1. The highest BCUT2D eigenvalue weighted by Crippen LogP contribution is 2.42. The Morgan fingerprint density at radius 1 is 0.460 bits per heavy atom. The predicted molar refractivity (Wildman–Crippen MR) is 205 cm³/mol. The zero-order valence-electron chi connectivity index (χ0n) is 26.3. The molecule has 11 rings (SSSR count). The smallest absolute Gasteiger partial charge is 0.153 e. The van der Waals surface area contributed by atoms with Gasteiger partial charge in [0.25, 0.3) is 0 Å². The quantitative estimate of drug-likeness (QED) is 0.186. The van der Waals surface area contributed by atoms with E-state index in [1.165, 1.54) is 20.2 Å². The van der Waals surface area contributed by atoms with Gasteiger partial charge < -0.3 is 13.6 Å². The number of rotatable bonds is 2. The zero-order valence-corrected chi connectivity index (χ0v) is 27.1. The number of para-hydroxylation sites is 3. The summed E-state index contributed by atoms with van der Waals surface area (Å²) in [5.41, 5.74) is 9.18. The van der Waals surface area contributed by atoms with E-state index in [0.29, 0.717) is 16.7 Å².